The third kappa shape index (κ3) is 5.92. The van der Waals surface area contributed by atoms with Gasteiger partial charge in [-0.25, -0.2) is 4.79 Å². The van der Waals surface area contributed by atoms with E-state index in [1.165, 1.54) is 16.6 Å². The van der Waals surface area contributed by atoms with Crippen LogP contribution >= 0.6 is 11.8 Å². The maximum atomic E-state index is 13.7. The van der Waals surface area contributed by atoms with Gasteiger partial charge in [0.1, 0.15) is 11.6 Å². The Hall–Kier alpha value is -4.88. The monoisotopic (exact) mass is 587 g/mol. The molecule has 0 spiro atoms. The third-order valence-corrected chi connectivity index (χ3v) is 7.47. The lowest BCUT2D eigenvalue weighted by Crippen LogP contribution is -2.43. The summed E-state index contributed by atoms with van der Waals surface area (Å²) >= 11 is 1.16. The van der Waals surface area contributed by atoms with Crippen LogP contribution in [0, 0.1) is 6.92 Å². The van der Waals surface area contributed by atoms with Crippen molar-refractivity contribution in [3.05, 3.63) is 105 Å². The largest absolute Gasteiger partial charge is 0.469 e. The first-order valence-corrected chi connectivity index (χ1v) is 14.0. The molecule has 5 rings (SSSR count). The van der Waals surface area contributed by atoms with E-state index in [4.69, 9.17) is 14.9 Å². The van der Waals surface area contributed by atoms with Gasteiger partial charge in [-0.05, 0) is 30.7 Å². The summed E-state index contributed by atoms with van der Waals surface area (Å²) < 4.78 is 13.8. The number of nitrogens with two attached hydrogens (primary N) is 1. The molecular weight excluding hydrogens is 558 g/mol. The molecule has 2 aromatic carbocycles. The predicted octanol–water partition coefficient (Wildman–Crippen LogP) is 3.09. The number of hydrogen-bond donors (Lipinski definition) is 2. The van der Waals surface area contributed by atoms with Crippen molar-refractivity contribution in [2.24, 2.45) is 0 Å². The fourth-order valence-electron chi connectivity index (χ4n) is 4.47. The van der Waals surface area contributed by atoms with Gasteiger partial charge in [0.05, 0.1) is 30.7 Å². The van der Waals surface area contributed by atoms with Crippen LogP contribution in [-0.4, -0.2) is 56.2 Å². The second-order valence-corrected chi connectivity index (χ2v) is 10.2. The minimum Gasteiger partial charge on any atom is -0.469 e. The molecule has 0 fully saturated rings. The van der Waals surface area contributed by atoms with Gasteiger partial charge < -0.3 is 19.8 Å². The Kier molecular flexibility index (Phi) is 8.69. The highest BCUT2D eigenvalue weighted by molar-refractivity contribution is 7.99. The fraction of sp³-hybridized carbons (Fsp3) is 0.207. The van der Waals surface area contributed by atoms with E-state index in [2.05, 4.69) is 15.2 Å². The van der Waals surface area contributed by atoms with Crippen LogP contribution in [0.3, 0.4) is 0 Å². The number of nitrogen functional groups attached to an aromatic ring is 1. The summed E-state index contributed by atoms with van der Waals surface area (Å²) in [7, 11) is 1.49. The standard InChI is InChI=1S/C29H29N7O5S/c1-19-22(13-15-41-19)26-32-33-29(36(26)21-11-7-4-8-12-21)42-18-23(37)34(14-16-40-2)24-25(30)35(28(39)31-27(24)38)17-20-9-5-3-6-10-20/h3-13,15H,14,16-18,30H2,1-2H3,(H,31,38,39). The second-order valence-electron chi connectivity index (χ2n) is 9.26. The summed E-state index contributed by atoms with van der Waals surface area (Å²) in [6.07, 6.45) is 1.58. The van der Waals surface area contributed by atoms with Crippen molar-refractivity contribution in [1.82, 2.24) is 24.3 Å². The van der Waals surface area contributed by atoms with Crippen LogP contribution in [0.5, 0.6) is 0 Å². The summed E-state index contributed by atoms with van der Waals surface area (Å²) in [4.78, 5) is 43.0. The lowest BCUT2D eigenvalue weighted by molar-refractivity contribution is -0.116. The number of benzene rings is 2. The number of nitrogens with one attached hydrogen (secondary N) is 1. The van der Waals surface area contributed by atoms with Crippen LogP contribution in [0.2, 0.25) is 0 Å². The first kappa shape index (κ1) is 28.6. The Labute approximate surface area is 244 Å². The van der Waals surface area contributed by atoms with Gasteiger partial charge in [0.2, 0.25) is 5.91 Å². The van der Waals surface area contributed by atoms with Crippen molar-refractivity contribution in [1.29, 1.82) is 0 Å². The molecule has 12 nitrogen and oxygen atoms in total. The minimum atomic E-state index is -0.763. The molecule has 0 radical (unpaired) electrons. The fourth-order valence-corrected chi connectivity index (χ4v) is 5.30. The zero-order chi connectivity index (χ0) is 29.6. The Bertz CT molecular complexity index is 1790. The third-order valence-electron chi connectivity index (χ3n) is 6.56. The summed E-state index contributed by atoms with van der Waals surface area (Å²) in [5, 5.41) is 9.22. The molecule has 0 saturated heterocycles. The number of para-hydroxylation sites is 1. The summed E-state index contributed by atoms with van der Waals surface area (Å²) in [5.41, 5.74) is 7.22. The molecule has 3 aromatic heterocycles. The van der Waals surface area contributed by atoms with Crippen molar-refractivity contribution >= 4 is 29.2 Å². The smallest absolute Gasteiger partial charge is 0.330 e. The number of aromatic amines is 1. The number of ether oxygens (including phenoxy) is 1. The number of furan rings is 1. The SMILES string of the molecule is COCCN(C(=O)CSc1nnc(-c2ccoc2C)n1-c1ccccc1)c1c(N)n(Cc2ccccc2)c(=O)[nH]c1=O. The molecule has 0 bridgehead atoms. The van der Waals surface area contributed by atoms with Gasteiger partial charge in [0.25, 0.3) is 5.56 Å². The van der Waals surface area contributed by atoms with Crippen molar-refractivity contribution in [2.75, 3.05) is 36.6 Å². The molecule has 0 aliphatic rings. The minimum absolute atomic E-state index is 0.0392. The van der Waals surface area contributed by atoms with E-state index in [9.17, 15) is 14.4 Å². The lowest BCUT2D eigenvalue weighted by Gasteiger charge is -2.24. The number of amides is 1. The molecular formula is C29H29N7O5S. The molecule has 13 heteroatoms. The number of hydrogen-bond acceptors (Lipinski definition) is 9. The normalized spacial score (nSPS) is 11.1. The highest BCUT2D eigenvalue weighted by Crippen LogP contribution is 2.30. The van der Waals surface area contributed by atoms with Gasteiger partial charge >= 0.3 is 5.69 Å². The first-order chi connectivity index (χ1) is 20.4. The number of anilines is 2. The van der Waals surface area contributed by atoms with Crippen LogP contribution in [0.25, 0.3) is 17.1 Å². The molecule has 5 aromatic rings. The van der Waals surface area contributed by atoms with Crippen LogP contribution in [0.15, 0.2) is 92.2 Å². The van der Waals surface area contributed by atoms with E-state index in [0.29, 0.717) is 16.7 Å². The van der Waals surface area contributed by atoms with Gasteiger partial charge in [0.15, 0.2) is 16.7 Å². The van der Waals surface area contributed by atoms with Gasteiger partial charge in [-0.2, -0.15) is 0 Å². The highest BCUT2D eigenvalue weighted by atomic mass is 32.2. The zero-order valence-electron chi connectivity index (χ0n) is 23.0. The molecule has 3 N–H and O–H groups in total. The average molecular weight is 588 g/mol. The molecule has 0 aliphatic heterocycles. The summed E-state index contributed by atoms with van der Waals surface area (Å²) in [6.45, 7) is 2.13. The highest BCUT2D eigenvalue weighted by Gasteiger charge is 2.26. The van der Waals surface area contributed by atoms with Crippen LogP contribution in [-0.2, 0) is 16.1 Å². The van der Waals surface area contributed by atoms with E-state index in [-0.39, 0.29) is 37.0 Å². The maximum absolute atomic E-state index is 13.7. The number of H-pyrrole nitrogens is 1. The van der Waals surface area contributed by atoms with Crippen molar-refractivity contribution in [3.63, 3.8) is 0 Å². The van der Waals surface area contributed by atoms with Gasteiger partial charge in [0, 0.05) is 19.3 Å². The number of rotatable bonds is 11. The Morgan fingerprint density at radius 2 is 1.79 bits per heavy atom. The van der Waals surface area contributed by atoms with Crippen LogP contribution in [0.1, 0.15) is 11.3 Å². The van der Waals surface area contributed by atoms with Crippen molar-refractivity contribution in [2.45, 2.75) is 18.6 Å². The number of nitrogens with zero attached hydrogens (tertiary/aromatic N) is 5. The Morgan fingerprint density at radius 1 is 1.07 bits per heavy atom. The average Bonchev–Trinajstić information content (AvgIpc) is 3.62. The number of methoxy groups -OCH3 is 1. The second kappa shape index (κ2) is 12.7. The lowest BCUT2D eigenvalue weighted by atomic mass is 10.2. The molecule has 216 valence electrons. The summed E-state index contributed by atoms with van der Waals surface area (Å²) in [6, 6.07) is 20.5. The molecule has 3 heterocycles. The van der Waals surface area contributed by atoms with Crippen LogP contribution in [0.4, 0.5) is 11.5 Å². The molecule has 0 saturated carbocycles. The van der Waals surface area contributed by atoms with E-state index in [1.54, 1.807) is 6.26 Å². The quantitative estimate of drug-likeness (QED) is 0.222. The molecule has 0 unspecified atom stereocenters. The molecule has 0 aliphatic carbocycles. The molecule has 1 amide bonds. The maximum Gasteiger partial charge on any atom is 0.330 e. The van der Waals surface area contributed by atoms with E-state index in [1.807, 2.05) is 78.2 Å². The van der Waals surface area contributed by atoms with E-state index in [0.717, 1.165) is 28.6 Å². The zero-order valence-corrected chi connectivity index (χ0v) is 23.8. The first-order valence-electron chi connectivity index (χ1n) is 13.0. The topological polar surface area (TPSA) is 154 Å². The summed E-state index contributed by atoms with van der Waals surface area (Å²) in [5.74, 6) is 0.594. The van der Waals surface area contributed by atoms with E-state index >= 15 is 0 Å². The van der Waals surface area contributed by atoms with Gasteiger partial charge in [-0.15, -0.1) is 10.2 Å². The Morgan fingerprint density at radius 3 is 2.45 bits per heavy atom. The van der Waals surface area contributed by atoms with E-state index < -0.39 is 17.2 Å². The molecule has 0 atom stereocenters. The molecule has 42 heavy (non-hydrogen) atoms. The van der Waals surface area contributed by atoms with Crippen molar-refractivity contribution in [3.8, 4) is 17.1 Å². The number of aryl methyl sites for hydroxylation is 1. The van der Waals surface area contributed by atoms with Crippen LogP contribution < -0.4 is 21.9 Å². The van der Waals surface area contributed by atoms with Gasteiger partial charge in [-0.3, -0.25) is 23.7 Å². The Balaban J connectivity index is 1.47. The predicted molar refractivity (Wildman–Crippen MR) is 160 cm³/mol. The number of carbonyl (C=O) groups excluding carboxylic acids is 1. The number of carbonyl (C=O) groups is 1. The number of thioether (sulfide) groups is 1. The van der Waals surface area contributed by atoms with Gasteiger partial charge in [-0.1, -0.05) is 60.3 Å². The van der Waals surface area contributed by atoms with Crippen molar-refractivity contribution < 1.29 is 13.9 Å². The number of aromatic nitrogens is 5.